The first-order valence-corrected chi connectivity index (χ1v) is 6.02. The van der Waals surface area contributed by atoms with E-state index >= 15 is 0 Å². The van der Waals surface area contributed by atoms with Crippen LogP contribution in [0.2, 0.25) is 0 Å². The lowest BCUT2D eigenvalue weighted by Gasteiger charge is -2.12. The summed E-state index contributed by atoms with van der Waals surface area (Å²) in [5.74, 6) is 0.391. The fourth-order valence-corrected chi connectivity index (χ4v) is 1.98. The lowest BCUT2D eigenvalue weighted by molar-refractivity contribution is 0.103. The molecule has 2 aromatic carbocycles. The highest BCUT2D eigenvalue weighted by atomic mass is 16.3. The number of hydrogen-bond donors (Lipinski definition) is 1. The summed E-state index contributed by atoms with van der Waals surface area (Å²) < 4.78 is 0. The van der Waals surface area contributed by atoms with Crippen molar-refractivity contribution in [2.75, 3.05) is 0 Å². The van der Waals surface area contributed by atoms with Crippen LogP contribution in [-0.4, -0.2) is 10.9 Å². The predicted octanol–water partition coefficient (Wildman–Crippen LogP) is 3.75. The summed E-state index contributed by atoms with van der Waals surface area (Å²) in [4.78, 5) is 12.4. The van der Waals surface area contributed by atoms with Crippen LogP contribution in [0.3, 0.4) is 0 Å². The van der Waals surface area contributed by atoms with Crippen LogP contribution in [0, 0.1) is 0 Å². The molecule has 0 radical (unpaired) electrons. The van der Waals surface area contributed by atoms with E-state index in [-0.39, 0.29) is 17.5 Å². The van der Waals surface area contributed by atoms with Crippen LogP contribution >= 0.6 is 0 Å². The zero-order valence-electron chi connectivity index (χ0n) is 10.6. The molecule has 0 atom stereocenters. The van der Waals surface area contributed by atoms with E-state index in [4.69, 9.17) is 0 Å². The molecule has 0 heterocycles. The maximum atomic E-state index is 12.4. The molecular formula is C16H16O2. The third kappa shape index (κ3) is 2.43. The summed E-state index contributed by atoms with van der Waals surface area (Å²) in [7, 11) is 0. The number of rotatable bonds is 3. The molecule has 0 aliphatic rings. The molecule has 0 spiro atoms. The second kappa shape index (κ2) is 5.05. The van der Waals surface area contributed by atoms with E-state index in [1.54, 1.807) is 30.3 Å². The zero-order chi connectivity index (χ0) is 13.1. The van der Waals surface area contributed by atoms with E-state index in [1.165, 1.54) is 0 Å². The number of phenols is 1. The van der Waals surface area contributed by atoms with Crippen LogP contribution < -0.4 is 0 Å². The van der Waals surface area contributed by atoms with Gasteiger partial charge in [-0.05, 0) is 29.7 Å². The van der Waals surface area contributed by atoms with Gasteiger partial charge >= 0.3 is 0 Å². The summed E-state index contributed by atoms with van der Waals surface area (Å²) in [6, 6.07) is 14.1. The molecule has 0 aromatic heterocycles. The van der Waals surface area contributed by atoms with Gasteiger partial charge in [-0.25, -0.2) is 0 Å². The molecule has 0 fully saturated rings. The van der Waals surface area contributed by atoms with Crippen molar-refractivity contribution in [2.45, 2.75) is 19.8 Å². The van der Waals surface area contributed by atoms with Gasteiger partial charge in [-0.3, -0.25) is 4.79 Å². The highest BCUT2D eigenvalue weighted by Gasteiger charge is 2.15. The number of carbonyl (C=O) groups is 1. The van der Waals surface area contributed by atoms with Crippen molar-refractivity contribution in [3.63, 3.8) is 0 Å². The molecule has 2 aromatic rings. The second-order valence-electron chi connectivity index (χ2n) is 4.62. The maximum absolute atomic E-state index is 12.4. The van der Waals surface area contributed by atoms with E-state index in [9.17, 15) is 9.90 Å². The van der Waals surface area contributed by atoms with E-state index in [2.05, 4.69) is 0 Å². The normalized spacial score (nSPS) is 10.6. The number of hydrogen-bond acceptors (Lipinski definition) is 2. The summed E-state index contributed by atoms with van der Waals surface area (Å²) in [5, 5.41) is 9.53. The minimum Gasteiger partial charge on any atom is -0.508 e. The smallest absolute Gasteiger partial charge is 0.193 e. The van der Waals surface area contributed by atoms with Crippen molar-refractivity contribution in [1.29, 1.82) is 0 Å². The Morgan fingerprint density at radius 1 is 1.06 bits per heavy atom. The first-order chi connectivity index (χ1) is 8.59. The summed E-state index contributed by atoms with van der Waals surface area (Å²) in [6.45, 7) is 4.02. The van der Waals surface area contributed by atoms with E-state index in [1.807, 2.05) is 32.0 Å². The van der Waals surface area contributed by atoms with Gasteiger partial charge in [0.15, 0.2) is 5.78 Å². The van der Waals surface area contributed by atoms with Crippen LogP contribution in [0.5, 0.6) is 5.75 Å². The van der Waals surface area contributed by atoms with Crippen molar-refractivity contribution in [1.82, 2.24) is 0 Å². The van der Waals surface area contributed by atoms with Crippen LogP contribution in [0.25, 0.3) is 0 Å². The van der Waals surface area contributed by atoms with Crippen molar-refractivity contribution < 1.29 is 9.90 Å². The molecule has 18 heavy (non-hydrogen) atoms. The fourth-order valence-electron chi connectivity index (χ4n) is 1.98. The van der Waals surface area contributed by atoms with Gasteiger partial charge in [-0.2, -0.15) is 0 Å². The van der Waals surface area contributed by atoms with Gasteiger partial charge in [0.25, 0.3) is 0 Å². The fraction of sp³-hybridized carbons (Fsp3) is 0.188. The summed E-state index contributed by atoms with van der Waals surface area (Å²) in [6.07, 6.45) is 0. The Morgan fingerprint density at radius 2 is 1.72 bits per heavy atom. The predicted molar refractivity (Wildman–Crippen MR) is 72.1 cm³/mol. The van der Waals surface area contributed by atoms with Gasteiger partial charge in [0.05, 0.1) is 0 Å². The topological polar surface area (TPSA) is 37.3 Å². The average molecular weight is 240 g/mol. The largest absolute Gasteiger partial charge is 0.508 e. The molecule has 2 nitrogen and oxygen atoms in total. The first-order valence-electron chi connectivity index (χ1n) is 6.02. The molecule has 0 amide bonds. The molecule has 0 aliphatic carbocycles. The Bertz CT molecular complexity index is 557. The van der Waals surface area contributed by atoms with Crippen molar-refractivity contribution >= 4 is 5.78 Å². The van der Waals surface area contributed by atoms with Gasteiger partial charge in [-0.15, -0.1) is 0 Å². The van der Waals surface area contributed by atoms with E-state index < -0.39 is 0 Å². The number of ketones is 1. The molecular weight excluding hydrogens is 224 g/mol. The summed E-state index contributed by atoms with van der Waals surface area (Å²) >= 11 is 0. The molecule has 2 heteroatoms. The van der Waals surface area contributed by atoms with Crippen LogP contribution in [0.4, 0.5) is 0 Å². The summed E-state index contributed by atoms with van der Waals surface area (Å²) in [5.41, 5.74) is 2.21. The van der Waals surface area contributed by atoms with E-state index in [0.29, 0.717) is 11.1 Å². The monoisotopic (exact) mass is 240 g/mol. The standard InChI is InChI=1S/C16H16O2/c1-11(2)15-10-13(17)8-9-14(15)16(18)12-6-4-3-5-7-12/h3-11,17H,1-2H3. The van der Waals surface area contributed by atoms with Gasteiger partial charge < -0.3 is 5.11 Å². The molecule has 0 aliphatic heterocycles. The van der Waals surface area contributed by atoms with Crippen molar-refractivity contribution in [2.24, 2.45) is 0 Å². The Kier molecular flexibility index (Phi) is 3.47. The van der Waals surface area contributed by atoms with Crippen LogP contribution in [0.15, 0.2) is 48.5 Å². The van der Waals surface area contributed by atoms with E-state index in [0.717, 1.165) is 5.56 Å². The Hall–Kier alpha value is -2.09. The number of aromatic hydroxyl groups is 1. The van der Waals surface area contributed by atoms with Crippen LogP contribution in [0.1, 0.15) is 41.3 Å². The Labute approximate surface area is 107 Å². The number of carbonyl (C=O) groups excluding carboxylic acids is 1. The number of phenolic OH excluding ortho intramolecular Hbond substituents is 1. The Balaban J connectivity index is 2.48. The molecule has 2 rings (SSSR count). The average Bonchev–Trinajstić information content (AvgIpc) is 2.39. The molecule has 0 unspecified atom stereocenters. The lowest BCUT2D eigenvalue weighted by atomic mass is 9.92. The number of benzene rings is 2. The SMILES string of the molecule is CC(C)c1cc(O)ccc1C(=O)c1ccccc1. The third-order valence-electron chi connectivity index (χ3n) is 2.94. The molecule has 1 N–H and O–H groups in total. The zero-order valence-corrected chi connectivity index (χ0v) is 10.6. The minimum atomic E-state index is -0.000648. The highest BCUT2D eigenvalue weighted by molar-refractivity contribution is 6.10. The highest BCUT2D eigenvalue weighted by Crippen LogP contribution is 2.26. The molecule has 0 saturated heterocycles. The lowest BCUT2D eigenvalue weighted by Crippen LogP contribution is -2.06. The molecule has 92 valence electrons. The van der Waals surface area contributed by atoms with Gasteiger partial charge in [0.2, 0.25) is 0 Å². The van der Waals surface area contributed by atoms with Gasteiger partial charge in [-0.1, -0.05) is 44.2 Å². The van der Waals surface area contributed by atoms with Crippen molar-refractivity contribution in [3.05, 3.63) is 65.2 Å². The molecule has 0 bridgehead atoms. The first kappa shape index (κ1) is 12.4. The van der Waals surface area contributed by atoms with Gasteiger partial charge in [0.1, 0.15) is 5.75 Å². The minimum absolute atomic E-state index is 0.000648. The quantitative estimate of drug-likeness (QED) is 0.830. The Morgan fingerprint density at radius 3 is 2.33 bits per heavy atom. The van der Waals surface area contributed by atoms with Crippen molar-refractivity contribution in [3.8, 4) is 5.75 Å². The second-order valence-corrected chi connectivity index (χ2v) is 4.62. The molecule has 0 saturated carbocycles. The maximum Gasteiger partial charge on any atom is 0.193 e. The van der Waals surface area contributed by atoms with Gasteiger partial charge in [0, 0.05) is 11.1 Å². The van der Waals surface area contributed by atoms with Crippen LogP contribution in [-0.2, 0) is 0 Å². The third-order valence-corrected chi connectivity index (χ3v) is 2.94.